The van der Waals surface area contributed by atoms with E-state index in [1.807, 2.05) is 11.3 Å². The van der Waals surface area contributed by atoms with E-state index in [1.165, 1.54) is 52.2 Å². The molecule has 0 saturated carbocycles. The van der Waals surface area contributed by atoms with E-state index >= 15 is 0 Å². The highest BCUT2D eigenvalue weighted by atomic mass is 32.1. The predicted molar refractivity (Wildman–Crippen MR) is 95.7 cm³/mol. The number of likely N-dealkylation sites (N-methyl/N-ethyl adjacent to an activating group) is 1. The second-order valence-corrected chi connectivity index (χ2v) is 8.94. The standard InChI is InChI=1S/C18H31N3S/c1-15-16-6-12-22-17(16)5-7-21(15)14-18(2,3)13-20-10-8-19(4)9-11-20/h6,12,15H,5,7-11,13-14H2,1-4H3. The van der Waals surface area contributed by atoms with Gasteiger partial charge in [0, 0.05) is 56.7 Å². The van der Waals surface area contributed by atoms with E-state index in [9.17, 15) is 0 Å². The SMILES string of the molecule is CC1c2ccsc2CCN1CC(C)(C)CN1CCN(C)CC1. The van der Waals surface area contributed by atoms with E-state index in [-0.39, 0.29) is 0 Å². The zero-order valence-electron chi connectivity index (χ0n) is 14.6. The maximum Gasteiger partial charge on any atom is 0.0331 e. The van der Waals surface area contributed by atoms with Crippen LogP contribution in [-0.2, 0) is 6.42 Å². The van der Waals surface area contributed by atoms with Crippen molar-refractivity contribution in [3.63, 3.8) is 0 Å². The lowest BCUT2D eigenvalue weighted by atomic mass is 9.89. The van der Waals surface area contributed by atoms with Gasteiger partial charge < -0.3 is 9.80 Å². The number of fused-ring (bicyclic) bond motifs is 1. The summed E-state index contributed by atoms with van der Waals surface area (Å²) in [4.78, 5) is 9.41. The van der Waals surface area contributed by atoms with Crippen LogP contribution in [-0.4, -0.2) is 67.6 Å². The van der Waals surface area contributed by atoms with Gasteiger partial charge in [0.25, 0.3) is 0 Å². The molecule has 3 rings (SSSR count). The third kappa shape index (κ3) is 3.73. The van der Waals surface area contributed by atoms with Gasteiger partial charge in [0.2, 0.25) is 0 Å². The van der Waals surface area contributed by atoms with Crippen LogP contribution in [0.2, 0.25) is 0 Å². The lowest BCUT2D eigenvalue weighted by molar-refractivity contribution is 0.0701. The minimum Gasteiger partial charge on any atom is -0.304 e. The van der Waals surface area contributed by atoms with E-state index in [1.54, 1.807) is 10.4 Å². The molecule has 124 valence electrons. The second kappa shape index (κ2) is 6.60. The van der Waals surface area contributed by atoms with Crippen LogP contribution < -0.4 is 0 Å². The first-order valence-electron chi connectivity index (χ1n) is 8.66. The van der Waals surface area contributed by atoms with Crippen LogP contribution in [0.15, 0.2) is 11.4 Å². The summed E-state index contributed by atoms with van der Waals surface area (Å²) >= 11 is 1.94. The first kappa shape index (κ1) is 16.4. The van der Waals surface area contributed by atoms with E-state index in [0.717, 1.165) is 0 Å². The van der Waals surface area contributed by atoms with Crippen LogP contribution in [0.1, 0.15) is 37.3 Å². The monoisotopic (exact) mass is 321 g/mol. The molecule has 1 aromatic heterocycles. The molecule has 1 saturated heterocycles. The maximum absolute atomic E-state index is 2.70. The lowest BCUT2D eigenvalue weighted by Crippen LogP contribution is -2.50. The van der Waals surface area contributed by atoms with E-state index < -0.39 is 0 Å². The van der Waals surface area contributed by atoms with Crippen LogP contribution in [0.5, 0.6) is 0 Å². The number of nitrogens with zero attached hydrogens (tertiary/aromatic N) is 3. The first-order valence-corrected chi connectivity index (χ1v) is 9.54. The van der Waals surface area contributed by atoms with Gasteiger partial charge in [-0.05, 0) is 42.8 Å². The fourth-order valence-corrected chi connectivity index (χ4v) is 4.95. The van der Waals surface area contributed by atoms with E-state index in [4.69, 9.17) is 0 Å². The molecule has 2 aliphatic heterocycles. The first-order chi connectivity index (χ1) is 10.4. The third-order valence-electron chi connectivity index (χ3n) is 5.28. The highest BCUT2D eigenvalue weighted by molar-refractivity contribution is 7.10. The summed E-state index contributed by atoms with van der Waals surface area (Å²) in [7, 11) is 2.23. The van der Waals surface area contributed by atoms with Crippen molar-refractivity contribution in [3.8, 4) is 0 Å². The van der Waals surface area contributed by atoms with Crippen molar-refractivity contribution in [3.05, 3.63) is 21.9 Å². The average Bonchev–Trinajstić information content (AvgIpc) is 2.93. The summed E-state index contributed by atoms with van der Waals surface area (Å²) in [5, 5.41) is 2.26. The van der Waals surface area contributed by atoms with Crippen LogP contribution in [0.4, 0.5) is 0 Å². The second-order valence-electron chi connectivity index (χ2n) is 7.94. The minimum atomic E-state index is 0.359. The van der Waals surface area contributed by atoms with Crippen molar-refractivity contribution in [1.82, 2.24) is 14.7 Å². The summed E-state index contributed by atoms with van der Waals surface area (Å²) in [6, 6.07) is 2.92. The number of thiophene rings is 1. The van der Waals surface area contributed by atoms with Gasteiger partial charge in [0.1, 0.15) is 0 Å². The van der Waals surface area contributed by atoms with Crippen molar-refractivity contribution < 1.29 is 0 Å². The quantitative estimate of drug-likeness (QED) is 0.844. The highest BCUT2D eigenvalue weighted by Crippen LogP contribution is 2.34. The molecule has 0 bridgehead atoms. The van der Waals surface area contributed by atoms with Crippen LogP contribution >= 0.6 is 11.3 Å². The Balaban J connectivity index is 1.57. The molecular formula is C18H31N3S. The molecule has 0 N–H and O–H groups in total. The van der Waals surface area contributed by atoms with Crippen LogP contribution in [0.3, 0.4) is 0 Å². The van der Waals surface area contributed by atoms with Gasteiger partial charge in [-0.1, -0.05) is 13.8 Å². The van der Waals surface area contributed by atoms with Gasteiger partial charge in [0.05, 0.1) is 0 Å². The van der Waals surface area contributed by atoms with Crippen molar-refractivity contribution in [2.45, 2.75) is 33.2 Å². The summed E-state index contributed by atoms with van der Waals surface area (Å²) < 4.78 is 0. The summed E-state index contributed by atoms with van der Waals surface area (Å²) in [5.41, 5.74) is 1.93. The van der Waals surface area contributed by atoms with Gasteiger partial charge in [-0.25, -0.2) is 0 Å². The van der Waals surface area contributed by atoms with Gasteiger partial charge in [-0.3, -0.25) is 4.90 Å². The smallest absolute Gasteiger partial charge is 0.0331 e. The largest absolute Gasteiger partial charge is 0.304 e. The van der Waals surface area contributed by atoms with Gasteiger partial charge in [-0.15, -0.1) is 11.3 Å². The van der Waals surface area contributed by atoms with E-state index in [2.05, 4.69) is 54.0 Å². The molecule has 4 heteroatoms. The number of piperazine rings is 1. The normalized spacial score (nSPS) is 25.4. The minimum absolute atomic E-state index is 0.359. The molecule has 3 nitrogen and oxygen atoms in total. The Hall–Kier alpha value is -0.420. The number of rotatable bonds is 4. The topological polar surface area (TPSA) is 9.72 Å². The zero-order chi connectivity index (χ0) is 15.7. The Morgan fingerprint density at radius 1 is 1.14 bits per heavy atom. The fraction of sp³-hybridized carbons (Fsp3) is 0.778. The fourth-order valence-electron chi connectivity index (χ4n) is 3.99. The van der Waals surface area contributed by atoms with Gasteiger partial charge >= 0.3 is 0 Å². The Morgan fingerprint density at radius 3 is 2.59 bits per heavy atom. The van der Waals surface area contributed by atoms with E-state index in [0.29, 0.717) is 11.5 Å². The molecule has 0 radical (unpaired) electrons. The molecule has 1 aromatic rings. The third-order valence-corrected chi connectivity index (χ3v) is 6.28. The Labute approximate surface area is 139 Å². The Kier molecular flexibility index (Phi) is 4.93. The molecule has 0 aromatic carbocycles. The predicted octanol–water partition coefficient (Wildman–Crippen LogP) is 2.94. The molecule has 1 fully saturated rings. The van der Waals surface area contributed by atoms with Gasteiger partial charge in [-0.2, -0.15) is 0 Å². The van der Waals surface area contributed by atoms with Crippen LogP contribution in [0, 0.1) is 5.41 Å². The molecule has 22 heavy (non-hydrogen) atoms. The van der Waals surface area contributed by atoms with Crippen molar-refractivity contribution in [1.29, 1.82) is 0 Å². The van der Waals surface area contributed by atoms with Crippen molar-refractivity contribution in [2.24, 2.45) is 5.41 Å². The van der Waals surface area contributed by atoms with Gasteiger partial charge in [0.15, 0.2) is 0 Å². The van der Waals surface area contributed by atoms with Crippen molar-refractivity contribution >= 4 is 11.3 Å². The number of hydrogen-bond acceptors (Lipinski definition) is 4. The summed E-state index contributed by atoms with van der Waals surface area (Å²) in [6.07, 6.45) is 1.24. The zero-order valence-corrected chi connectivity index (χ0v) is 15.5. The van der Waals surface area contributed by atoms with Crippen LogP contribution in [0.25, 0.3) is 0 Å². The molecule has 1 atom stereocenters. The maximum atomic E-state index is 2.70. The van der Waals surface area contributed by atoms with Crippen molar-refractivity contribution in [2.75, 3.05) is 52.9 Å². The molecule has 3 heterocycles. The lowest BCUT2D eigenvalue weighted by Gasteiger charge is -2.42. The molecule has 0 aliphatic carbocycles. The highest BCUT2D eigenvalue weighted by Gasteiger charge is 2.31. The Bertz CT molecular complexity index is 488. The molecule has 1 unspecified atom stereocenters. The summed E-state index contributed by atoms with van der Waals surface area (Å²) in [5.74, 6) is 0. The summed E-state index contributed by atoms with van der Waals surface area (Å²) in [6.45, 7) is 15.8. The average molecular weight is 322 g/mol. The number of hydrogen-bond donors (Lipinski definition) is 0. The molecule has 2 aliphatic rings. The molecule has 0 amide bonds. The molecule has 0 spiro atoms. The Morgan fingerprint density at radius 2 is 1.86 bits per heavy atom. The molecular weight excluding hydrogens is 290 g/mol.